The molecule has 2 heterocycles. The second-order valence-corrected chi connectivity index (χ2v) is 14.9. The Kier molecular flexibility index (Phi) is 8.50. The number of phenolic OH excluding ortho intramolecular Hbond substituents is 1. The van der Waals surface area contributed by atoms with Crippen LogP contribution in [-0.4, -0.2) is 21.8 Å². The van der Waals surface area contributed by atoms with Crippen LogP contribution in [0.15, 0.2) is 66.7 Å². The summed E-state index contributed by atoms with van der Waals surface area (Å²) in [6, 6.07) is 22.2. The first-order chi connectivity index (χ1) is 23.1. The molecule has 1 unspecified atom stereocenters. The van der Waals surface area contributed by atoms with Crippen molar-refractivity contribution in [3.63, 3.8) is 0 Å². The molecular formula is C44H52N2O. The molecule has 1 aromatic heterocycles. The molecule has 1 N–H and O–H groups in total. The molecule has 0 saturated heterocycles. The maximum Gasteiger partial charge on any atom is 0.123 e. The fourth-order valence-corrected chi connectivity index (χ4v) is 9.63. The van der Waals surface area contributed by atoms with Gasteiger partial charge in [0.05, 0.1) is 0 Å². The normalized spacial score (nSPS) is 21.7. The van der Waals surface area contributed by atoms with Crippen molar-refractivity contribution in [3.05, 3.63) is 83.6 Å². The van der Waals surface area contributed by atoms with E-state index in [-0.39, 0.29) is 0 Å². The van der Waals surface area contributed by atoms with Gasteiger partial charge in [-0.3, -0.25) is 0 Å². The van der Waals surface area contributed by atoms with Crippen molar-refractivity contribution >= 4 is 28.7 Å². The van der Waals surface area contributed by atoms with Crippen LogP contribution < -0.4 is 4.90 Å². The molecule has 3 atom stereocenters. The number of hydrogen-bond donors (Lipinski definition) is 1. The summed E-state index contributed by atoms with van der Waals surface area (Å²) in [5.41, 5.74) is 11.5. The number of unbranched alkanes of at least 4 members (excludes halogenated alkanes) is 1. The van der Waals surface area contributed by atoms with Crippen LogP contribution in [0.4, 0.5) is 5.69 Å². The number of fused-ring (bicyclic) bond motifs is 6. The van der Waals surface area contributed by atoms with Gasteiger partial charge in [0.2, 0.25) is 0 Å². The lowest BCUT2D eigenvalue weighted by molar-refractivity contribution is 0.364. The van der Waals surface area contributed by atoms with Crippen LogP contribution in [0.2, 0.25) is 0 Å². The largest absolute Gasteiger partial charge is 0.507 e. The molecule has 3 nitrogen and oxygen atoms in total. The number of nitrogens with zero attached hydrogens (tertiary/aromatic N) is 2. The Hall–Kier alpha value is -3.72. The first-order valence-corrected chi connectivity index (χ1v) is 18.9. The molecule has 244 valence electrons. The number of aromatic hydroxyl groups is 1. The average Bonchev–Trinajstić information content (AvgIpc) is 3.29. The van der Waals surface area contributed by atoms with E-state index < -0.39 is 0 Å². The Morgan fingerprint density at radius 3 is 2.38 bits per heavy atom. The minimum atomic E-state index is 0.349. The second kappa shape index (κ2) is 13.1. The van der Waals surface area contributed by atoms with E-state index in [0.29, 0.717) is 29.8 Å². The third-order valence-electron chi connectivity index (χ3n) is 12.0. The quantitative estimate of drug-likeness (QED) is 0.207. The number of hydrogen-bond acceptors (Lipinski definition) is 2. The number of phenols is 1. The monoisotopic (exact) mass is 624 g/mol. The minimum Gasteiger partial charge on any atom is -0.507 e. The van der Waals surface area contributed by atoms with Crippen LogP contribution in [-0.2, 0) is 0 Å². The highest BCUT2D eigenvalue weighted by atomic mass is 16.3. The summed E-state index contributed by atoms with van der Waals surface area (Å²) in [5.74, 6) is 0.985. The van der Waals surface area contributed by atoms with E-state index in [9.17, 15) is 5.11 Å². The summed E-state index contributed by atoms with van der Waals surface area (Å²) in [7, 11) is 0. The summed E-state index contributed by atoms with van der Waals surface area (Å²) >= 11 is 0. The number of allylic oxidation sites excluding steroid dienone is 2. The van der Waals surface area contributed by atoms with E-state index in [1.807, 2.05) is 6.07 Å². The lowest BCUT2D eigenvalue weighted by atomic mass is 9.81. The van der Waals surface area contributed by atoms with Crippen LogP contribution >= 0.6 is 0 Å². The van der Waals surface area contributed by atoms with Crippen LogP contribution in [0.25, 0.3) is 45.3 Å². The van der Waals surface area contributed by atoms with E-state index in [1.165, 1.54) is 122 Å². The van der Waals surface area contributed by atoms with Gasteiger partial charge in [0.25, 0.3) is 0 Å². The molecule has 3 aromatic carbocycles. The zero-order valence-corrected chi connectivity index (χ0v) is 28.6. The smallest absolute Gasteiger partial charge is 0.123 e. The van der Waals surface area contributed by atoms with Gasteiger partial charge >= 0.3 is 0 Å². The molecule has 4 aromatic rings. The molecule has 47 heavy (non-hydrogen) atoms. The lowest BCUT2D eigenvalue weighted by Crippen LogP contribution is -2.42. The summed E-state index contributed by atoms with van der Waals surface area (Å²) in [6.45, 7) is 4.76. The highest BCUT2D eigenvalue weighted by Gasteiger charge is 2.41. The average molecular weight is 625 g/mol. The third kappa shape index (κ3) is 5.54. The van der Waals surface area contributed by atoms with Crippen LogP contribution in [0.3, 0.4) is 0 Å². The molecule has 3 aliphatic carbocycles. The maximum absolute atomic E-state index is 11.3. The summed E-state index contributed by atoms with van der Waals surface area (Å²) in [6.07, 6.45) is 27.3. The molecule has 0 bridgehead atoms. The van der Waals surface area contributed by atoms with E-state index in [4.69, 9.17) is 0 Å². The zero-order chi connectivity index (χ0) is 31.9. The molecule has 3 heteroatoms. The van der Waals surface area contributed by atoms with Gasteiger partial charge in [-0.15, -0.1) is 0 Å². The van der Waals surface area contributed by atoms with Crippen molar-refractivity contribution in [1.29, 1.82) is 0 Å². The molecular weight excluding hydrogens is 572 g/mol. The first-order valence-electron chi connectivity index (χ1n) is 18.9. The number of aromatic nitrogens is 1. The minimum absolute atomic E-state index is 0.349. The fraction of sp³-hybridized carbons (Fsp3) is 0.455. The Morgan fingerprint density at radius 2 is 1.53 bits per heavy atom. The molecule has 2 saturated carbocycles. The van der Waals surface area contributed by atoms with Crippen LogP contribution in [0.1, 0.15) is 133 Å². The molecule has 0 radical (unpaired) electrons. The Morgan fingerprint density at radius 1 is 0.787 bits per heavy atom. The summed E-state index contributed by atoms with van der Waals surface area (Å²) in [4.78, 5) is 2.80. The fourth-order valence-electron chi connectivity index (χ4n) is 9.63. The molecule has 0 amide bonds. The number of rotatable bonds is 7. The Bertz CT molecular complexity index is 1820. The maximum atomic E-state index is 11.3. The van der Waals surface area contributed by atoms with Crippen molar-refractivity contribution in [1.82, 2.24) is 4.57 Å². The highest BCUT2D eigenvalue weighted by molar-refractivity contribution is 5.98. The molecule has 2 fully saturated rings. The number of anilines is 1. The van der Waals surface area contributed by atoms with Gasteiger partial charge in [-0.25, -0.2) is 0 Å². The standard InChI is InChI=1S/C44H52N2O/c1-3-4-14-30(2)45-40-20-13-12-18-35(40)38-28-31(21-24-42(38)45)32-23-26-44(47)37(27-32)33-22-25-43-39(29-33)36-17-10-7-11-19-41(36)46(43)34-15-8-5-6-9-16-34/h10-11,17,19,21-30,34-35,40,47H,3-9,12-16,18,20H2,1-2H3/t30-,35+,40?/m1/s1. The molecule has 8 rings (SSSR count). The van der Waals surface area contributed by atoms with Gasteiger partial charge in [-0.05, 0) is 110 Å². The van der Waals surface area contributed by atoms with E-state index in [1.54, 1.807) is 5.56 Å². The van der Waals surface area contributed by atoms with Gasteiger partial charge in [0, 0.05) is 57.5 Å². The Balaban J connectivity index is 1.18. The topological polar surface area (TPSA) is 28.4 Å². The predicted molar refractivity (Wildman–Crippen MR) is 200 cm³/mol. The van der Waals surface area contributed by atoms with Crippen molar-refractivity contribution < 1.29 is 5.11 Å². The Labute approximate surface area is 282 Å². The summed E-state index contributed by atoms with van der Waals surface area (Å²) < 4.78 is 2.65. The molecule has 4 aliphatic rings. The second-order valence-electron chi connectivity index (χ2n) is 14.9. The van der Waals surface area contributed by atoms with Crippen molar-refractivity contribution in [2.75, 3.05) is 4.90 Å². The van der Waals surface area contributed by atoms with Gasteiger partial charge in [-0.2, -0.15) is 0 Å². The predicted octanol–water partition coefficient (Wildman–Crippen LogP) is 12.4. The van der Waals surface area contributed by atoms with Gasteiger partial charge in [0.15, 0.2) is 0 Å². The van der Waals surface area contributed by atoms with Gasteiger partial charge in [0.1, 0.15) is 5.75 Å². The highest BCUT2D eigenvalue weighted by Crippen LogP contribution is 2.50. The summed E-state index contributed by atoms with van der Waals surface area (Å²) in [5, 5.41) is 12.6. The zero-order valence-electron chi connectivity index (χ0n) is 28.6. The SMILES string of the molecule is CCCC[C@@H](C)N1c2ccc(-c3ccc(O)c(-c4ccc5c(c4)c4c(n5C5CCCCCC5)C=CCC=C4)c3)cc2[C@@H]2CCCCC21. The van der Waals surface area contributed by atoms with Gasteiger partial charge in [-0.1, -0.05) is 94.7 Å². The first kappa shape index (κ1) is 30.6. The van der Waals surface area contributed by atoms with E-state index >= 15 is 0 Å². The van der Waals surface area contributed by atoms with Crippen molar-refractivity contribution in [2.45, 2.75) is 128 Å². The van der Waals surface area contributed by atoms with Crippen LogP contribution in [0, 0.1) is 0 Å². The molecule has 0 spiro atoms. The van der Waals surface area contributed by atoms with E-state index in [2.05, 4.69) is 96.1 Å². The van der Waals surface area contributed by atoms with Crippen molar-refractivity contribution in [3.8, 4) is 28.0 Å². The van der Waals surface area contributed by atoms with Gasteiger partial charge < -0.3 is 14.6 Å². The number of benzene rings is 3. The molecule has 1 aliphatic heterocycles. The van der Waals surface area contributed by atoms with Crippen LogP contribution in [0.5, 0.6) is 5.75 Å². The van der Waals surface area contributed by atoms with E-state index in [0.717, 1.165) is 17.5 Å². The third-order valence-corrected chi connectivity index (χ3v) is 12.0. The van der Waals surface area contributed by atoms with Crippen molar-refractivity contribution in [2.24, 2.45) is 0 Å². The lowest BCUT2D eigenvalue weighted by Gasteiger charge is -2.38.